The van der Waals surface area contributed by atoms with Crippen LogP contribution in [0.25, 0.3) is 15.9 Å². The van der Waals surface area contributed by atoms with Gasteiger partial charge in [-0.15, -0.1) is 11.8 Å². The van der Waals surface area contributed by atoms with Gasteiger partial charge in [0.25, 0.3) is 0 Å². The Bertz CT molecular complexity index is 506. The van der Waals surface area contributed by atoms with Gasteiger partial charge in [0.05, 0.1) is 11.0 Å². The summed E-state index contributed by atoms with van der Waals surface area (Å²) in [6.45, 7) is 2.20. The first-order valence-electron chi connectivity index (χ1n) is 5.12. The fraction of sp³-hybridized carbons (Fsp3) is 0.250. The molecule has 2 heterocycles. The maximum atomic E-state index is 4.61. The average molecular weight is 216 g/mol. The van der Waals surface area contributed by atoms with Gasteiger partial charge in [0, 0.05) is 10.7 Å². The lowest BCUT2D eigenvalue weighted by molar-refractivity contribution is 1.14. The average Bonchev–Trinajstić information content (AvgIpc) is 2.82. The summed E-state index contributed by atoms with van der Waals surface area (Å²) in [5.74, 6) is 2.23. The van der Waals surface area contributed by atoms with Crippen LogP contribution in [0.15, 0.2) is 29.8 Å². The number of H-pyrrole nitrogens is 1. The van der Waals surface area contributed by atoms with Gasteiger partial charge >= 0.3 is 0 Å². The molecule has 2 aromatic rings. The van der Waals surface area contributed by atoms with E-state index in [0.717, 1.165) is 16.9 Å². The molecule has 0 fully saturated rings. The van der Waals surface area contributed by atoms with Crippen LogP contribution in [0.5, 0.6) is 0 Å². The first kappa shape index (κ1) is 9.04. The predicted octanol–water partition coefficient (Wildman–Crippen LogP) is 3.43. The third kappa shape index (κ3) is 1.47. The van der Waals surface area contributed by atoms with Gasteiger partial charge in [0.2, 0.25) is 0 Å². The highest BCUT2D eigenvalue weighted by Crippen LogP contribution is 2.37. The molecular weight excluding hydrogens is 204 g/mol. The Balaban J connectivity index is 2.16. The zero-order valence-corrected chi connectivity index (χ0v) is 9.40. The Kier molecular flexibility index (Phi) is 2.06. The summed E-state index contributed by atoms with van der Waals surface area (Å²) in [5, 5.41) is 0. The standard InChI is InChI=1S/C12H12N2S/c1-8-6-7-15-11(8)12-13-9-4-2-3-5-10(9)14-12/h2-5H,6-7H2,1H3,(H,13,14). The molecule has 1 aliphatic heterocycles. The molecule has 0 spiro atoms. The van der Waals surface area contributed by atoms with Crippen LogP contribution in [0.1, 0.15) is 19.2 Å². The van der Waals surface area contributed by atoms with Crippen molar-refractivity contribution >= 4 is 27.7 Å². The minimum atomic E-state index is 1.04. The Hall–Kier alpha value is -1.22. The Labute approximate surface area is 92.8 Å². The van der Waals surface area contributed by atoms with E-state index in [1.165, 1.54) is 22.7 Å². The maximum absolute atomic E-state index is 4.61. The van der Waals surface area contributed by atoms with Gasteiger partial charge < -0.3 is 4.98 Å². The Morgan fingerprint density at radius 3 is 2.93 bits per heavy atom. The Morgan fingerprint density at radius 2 is 2.20 bits per heavy atom. The fourth-order valence-electron chi connectivity index (χ4n) is 1.87. The SMILES string of the molecule is CC1=C(c2nc3ccccc3[nH]2)SCC1. The molecule has 0 bridgehead atoms. The summed E-state index contributed by atoms with van der Waals surface area (Å²) in [5.41, 5.74) is 3.64. The molecule has 0 unspecified atom stereocenters. The number of hydrogen-bond donors (Lipinski definition) is 1. The molecule has 0 saturated heterocycles. The number of thioether (sulfide) groups is 1. The van der Waals surface area contributed by atoms with Crippen molar-refractivity contribution < 1.29 is 0 Å². The molecule has 76 valence electrons. The van der Waals surface area contributed by atoms with Gasteiger partial charge in [-0.1, -0.05) is 17.7 Å². The van der Waals surface area contributed by atoms with Crippen molar-refractivity contribution in [2.75, 3.05) is 5.75 Å². The minimum Gasteiger partial charge on any atom is -0.338 e. The highest BCUT2D eigenvalue weighted by atomic mass is 32.2. The Morgan fingerprint density at radius 1 is 1.33 bits per heavy atom. The van der Waals surface area contributed by atoms with Crippen LogP contribution >= 0.6 is 11.8 Å². The lowest BCUT2D eigenvalue weighted by Crippen LogP contribution is -1.82. The molecule has 15 heavy (non-hydrogen) atoms. The van der Waals surface area contributed by atoms with Crippen molar-refractivity contribution in [3.05, 3.63) is 35.7 Å². The third-order valence-electron chi connectivity index (χ3n) is 2.72. The molecule has 2 nitrogen and oxygen atoms in total. The molecule has 1 aliphatic rings. The van der Waals surface area contributed by atoms with Crippen LogP contribution in [0, 0.1) is 0 Å². The van der Waals surface area contributed by atoms with Crippen molar-refractivity contribution in [2.45, 2.75) is 13.3 Å². The summed E-state index contributed by atoms with van der Waals surface area (Å²) >= 11 is 1.90. The molecule has 3 heteroatoms. The van der Waals surface area contributed by atoms with Crippen LogP contribution in [0.3, 0.4) is 0 Å². The van der Waals surface area contributed by atoms with Crippen molar-refractivity contribution in [3.8, 4) is 0 Å². The van der Waals surface area contributed by atoms with E-state index in [0.29, 0.717) is 0 Å². The molecule has 0 aliphatic carbocycles. The fourth-order valence-corrected chi connectivity index (χ4v) is 3.07. The maximum Gasteiger partial charge on any atom is 0.144 e. The zero-order chi connectivity index (χ0) is 10.3. The van der Waals surface area contributed by atoms with E-state index in [4.69, 9.17) is 0 Å². The number of nitrogens with zero attached hydrogens (tertiary/aromatic N) is 1. The van der Waals surface area contributed by atoms with E-state index >= 15 is 0 Å². The summed E-state index contributed by atoms with van der Waals surface area (Å²) in [6.07, 6.45) is 1.19. The second-order valence-corrected chi connectivity index (χ2v) is 4.92. The van der Waals surface area contributed by atoms with Crippen LogP contribution in [0.4, 0.5) is 0 Å². The number of allylic oxidation sites excluding steroid dienone is 1. The highest BCUT2D eigenvalue weighted by Gasteiger charge is 2.16. The van der Waals surface area contributed by atoms with E-state index in [1.54, 1.807) is 0 Å². The smallest absolute Gasteiger partial charge is 0.144 e. The summed E-state index contributed by atoms with van der Waals surface area (Å²) < 4.78 is 0. The lowest BCUT2D eigenvalue weighted by Gasteiger charge is -1.96. The molecule has 3 rings (SSSR count). The van der Waals surface area contributed by atoms with Crippen molar-refractivity contribution in [2.24, 2.45) is 0 Å². The zero-order valence-electron chi connectivity index (χ0n) is 8.58. The third-order valence-corrected chi connectivity index (χ3v) is 3.95. The number of benzene rings is 1. The summed E-state index contributed by atoms with van der Waals surface area (Å²) in [6, 6.07) is 8.18. The van der Waals surface area contributed by atoms with Gasteiger partial charge in [-0.25, -0.2) is 4.98 Å². The minimum absolute atomic E-state index is 1.04. The molecule has 1 N–H and O–H groups in total. The van der Waals surface area contributed by atoms with Crippen molar-refractivity contribution in [1.82, 2.24) is 9.97 Å². The van der Waals surface area contributed by atoms with E-state index < -0.39 is 0 Å². The van der Waals surface area contributed by atoms with Crippen molar-refractivity contribution in [1.29, 1.82) is 0 Å². The number of aromatic amines is 1. The first-order chi connectivity index (χ1) is 7.34. The van der Waals surface area contributed by atoms with E-state index in [9.17, 15) is 0 Å². The van der Waals surface area contributed by atoms with Gasteiger partial charge in [0.15, 0.2) is 0 Å². The largest absolute Gasteiger partial charge is 0.338 e. The number of hydrogen-bond acceptors (Lipinski definition) is 2. The molecule has 0 radical (unpaired) electrons. The van der Waals surface area contributed by atoms with Gasteiger partial charge in [0.1, 0.15) is 5.82 Å². The monoisotopic (exact) mass is 216 g/mol. The van der Waals surface area contributed by atoms with Crippen molar-refractivity contribution in [3.63, 3.8) is 0 Å². The molecular formula is C12H12N2S. The predicted molar refractivity (Wildman–Crippen MR) is 65.8 cm³/mol. The topological polar surface area (TPSA) is 28.7 Å². The number of nitrogens with one attached hydrogen (secondary N) is 1. The quantitative estimate of drug-likeness (QED) is 0.791. The number of para-hydroxylation sites is 2. The number of imidazole rings is 1. The number of aromatic nitrogens is 2. The second-order valence-electron chi connectivity index (χ2n) is 3.81. The van der Waals surface area contributed by atoms with Crippen LogP contribution in [-0.2, 0) is 0 Å². The van der Waals surface area contributed by atoms with E-state index in [-0.39, 0.29) is 0 Å². The van der Waals surface area contributed by atoms with Crippen LogP contribution in [0.2, 0.25) is 0 Å². The van der Waals surface area contributed by atoms with Gasteiger partial charge in [-0.2, -0.15) is 0 Å². The first-order valence-corrected chi connectivity index (χ1v) is 6.11. The normalized spacial score (nSPS) is 16.6. The number of rotatable bonds is 1. The molecule has 0 saturated carbocycles. The molecule has 1 aromatic heterocycles. The van der Waals surface area contributed by atoms with Crippen LogP contribution < -0.4 is 0 Å². The molecule has 0 atom stereocenters. The highest BCUT2D eigenvalue weighted by molar-refractivity contribution is 8.08. The van der Waals surface area contributed by atoms with Crippen LogP contribution in [-0.4, -0.2) is 15.7 Å². The molecule has 1 aromatic carbocycles. The van der Waals surface area contributed by atoms with E-state index in [2.05, 4.69) is 23.0 Å². The second kappa shape index (κ2) is 3.42. The molecule has 0 amide bonds. The lowest BCUT2D eigenvalue weighted by atomic mass is 10.2. The van der Waals surface area contributed by atoms with Gasteiger partial charge in [-0.05, 0) is 25.5 Å². The summed E-state index contributed by atoms with van der Waals surface area (Å²) in [7, 11) is 0. The number of fused-ring (bicyclic) bond motifs is 1. The van der Waals surface area contributed by atoms with E-state index in [1.807, 2.05) is 30.0 Å². The summed E-state index contributed by atoms with van der Waals surface area (Å²) in [4.78, 5) is 9.33. The van der Waals surface area contributed by atoms with Gasteiger partial charge in [-0.3, -0.25) is 0 Å².